The lowest BCUT2D eigenvalue weighted by molar-refractivity contribution is 0.571. The molecule has 112 valence electrons. The number of hydrogen-bond acceptors (Lipinski definition) is 5. The fraction of sp³-hybridized carbons (Fsp3) is 0.692. The molecule has 0 amide bonds. The van der Waals surface area contributed by atoms with E-state index in [4.69, 9.17) is 0 Å². The minimum atomic E-state index is -3.21. The van der Waals surface area contributed by atoms with Crippen molar-refractivity contribution in [2.45, 2.75) is 38.9 Å². The van der Waals surface area contributed by atoms with Crippen molar-refractivity contribution in [3.8, 4) is 0 Å². The monoisotopic (exact) mass is 298 g/mol. The zero-order valence-corrected chi connectivity index (χ0v) is 13.1. The van der Waals surface area contributed by atoms with E-state index in [1.807, 2.05) is 24.8 Å². The summed E-state index contributed by atoms with van der Waals surface area (Å²) in [7, 11) is -3.21. The Labute approximate surface area is 120 Å². The molecule has 0 radical (unpaired) electrons. The number of aryl methyl sites for hydroxylation is 2. The van der Waals surface area contributed by atoms with Crippen molar-refractivity contribution in [3.63, 3.8) is 0 Å². The molecule has 1 N–H and O–H groups in total. The molecule has 1 aliphatic heterocycles. The Morgan fingerprint density at radius 1 is 1.40 bits per heavy atom. The summed E-state index contributed by atoms with van der Waals surface area (Å²) < 4.78 is 26.6. The lowest BCUT2D eigenvalue weighted by atomic mass is 10.3. The van der Waals surface area contributed by atoms with Gasteiger partial charge in [-0.05, 0) is 19.8 Å². The van der Waals surface area contributed by atoms with Crippen molar-refractivity contribution >= 4 is 15.8 Å². The van der Waals surface area contributed by atoms with E-state index in [2.05, 4.69) is 14.7 Å². The van der Waals surface area contributed by atoms with Crippen molar-refractivity contribution in [2.75, 3.05) is 24.5 Å². The quantitative estimate of drug-likeness (QED) is 0.873. The van der Waals surface area contributed by atoms with Crippen LogP contribution in [0.5, 0.6) is 0 Å². The van der Waals surface area contributed by atoms with E-state index >= 15 is 0 Å². The molecule has 2 heterocycles. The third-order valence-electron chi connectivity index (χ3n) is 3.49. The van der Waals surface area contributed by atoms with Crippen molar-refractivity contribution < 1.29 is 8.42 Å². The summed E-state index contributed by atoms with van der Waals surface area (Å²) >= 11 is 0. The largest absolute Gasteiger partial charge is 0.355 e. The SMILES string of the molecule is CCNS(=O)(=O)C1CCN(c2cc(CC)nc(C)n2)C1. The summed E-state index contributed by atoms with van der Waals surface area (Å²) in [6.45, 7) is 7.36. The van der Waals surface area contributed by atoms with Crippen molar-refractivity contribution in [3.05, 3.63) is 17.6 Å². The highest BCUT2D eigenvalue weighted by Crippen LogP contribution is 2.22. The molecule has 2 rings (SSSR count). The Kier molecular flexibility index (Phi) is 4.59. The van der Waals surface area contributed by atoms with E-state index in [1.165, 1.54) is 0 Å². The van der Waals surface area contributed by atoms with Crippen LogP contribution in [-0.4, -0.2) is 43.3 Å². The predicted octanol–water partition coefficient (Wildman–Crippen LogP) is 0.865. The van der Waals surface area contributed by atoms with E-state index in [-0.39, 0.29) is 5.25 Å². The Morgan fingerprint density at radius 3 is 2.80 bits per heavy atom. The molecule has 6 nitrogen and oxygen atoms in total. The van der Waals surface area contributed by atoms with Gasteiger partial charge in [-0.3, -0.25) is 0 Å². The van der Waals surface area contributed by atoms with Gasteiger partial charge in [-0.25, -0.2) is 23.1 Å². The fourth-order valence-corrected chi connectivity index (χ4v) is 3.89. The zero-order valence-electron chi connectivity index (χ0n) is 12.3. The second-order valence-electron chi connectivity index (χ2n) is 5.02. The van der Waals surface area contributed by atoms with Crippen LogP contribution >= 0.6 is 0 Å². The molecule has 7 heteroatoms. The van der Waals surface area contributed by atoms with Gasteiger partial charge in [-0.2, -0.15) is 0 Å². The smallest absolute Gasteiger partial charge is 0.216 e. The van der Waals surface area contributed by atoms with Gasteiger partial charge >= 0.3 is 0 Å². The van der Waals surface area contributed by atoms with Gasteiger partial charge in [-0.15, -0.1) is 0 Å². The van der Waals surface area contributed by atoms with Crippen LogP contribution in [0.15, 0.2) is 6.07 Å². The Morgan fingerprint density at radius 2 is 2.15 bits per heavy atom. The highest BCUT2D eigenvalue weighted by Gasteiger charge is 2.33. The first-order valence-electron chi connectivity index (χ1n) is 7.04. The zero-order chi connectivity index (χ0) is 14.8. The second-order valence-corrected chi connectivity index (χ2v) is 7.06. The van der Waals surface area contributed by atoms with Gasteiger partial charge < -0.3 is 4.90 Å². The molecule has 1 aliphatic rings. The molecule has 0 spiro atoms. The third kappa shape index (κ3) is 3.27. The van der Waals surface area contributed by atoms with Gasteiger partial charge in [0.1, 0.15) is 11.6 Å². The van der Waals surface area contributed by atoms with Crippen LogP contribution in [0.3, 0.4) is 0 Å². The molecular formula is C13H22N4O2S. The Bertz CT molecular complexity index is 574. The maximum Gasteiger partial charge on any atom is 0.216 e. The number of hydrogen-bond donors (Lipinski definition) is 1. The summed E-state index contributed by atoms with van der Waals surface area (Å²) in [6, 6.07) is 1.95. The lowest BCUT2D eigenvalue weighted by Crippen LogP contribution is -2.36. The lowest BCUT2D eigenvalue weighted by Gasteiger charge is -2.18. The second kappa shape index (κ2) is 6.05. The summed E-state index contributed by atoms with van der Waals surface area (Å²) in [6.07, 6.45) is 1.49. The van der Waals surface area contributed by atoms with Crippen LogP contribution in [0, 0.1) is 6.92 Å². The van der Waals surface area contributed by atoms with Gasteiger partial charge in [0, 0.05) is 31.4 Å². The number of sulfonamides is 1. The predicted molar refractivity (Wildman–Crippen MR) is 79.4 cm³/mol. The molecule has 1 aromatic rings. The first-order valence-corrected chi connectivity index (χ1v) is 8.59. The molecule has 1 fully saturated rings. The summed E-state index contributed by atoms with van der Waals surface area (Å²) in [5, 5.41) is -0.359. The van der Waals surface area contributed by atoms with Crippen LogP contribution < -0.4 is 9.62 Å². The number of rotatable bonds is 5. The normalized spacial score (nSPS) is 19.6. The Balaban J connectivity index is 2.15. The van der Waals surface area contributed by atoms with Crippen LogP contribution in [0.4, 0.5) is 5.82 Å². The van der Waals surface area contributed by atoms with Gasteiger partial charge in [0.05, 0.1) is 5.25 Å². The first-order chi connectivity index (χ1) is 9.46. The number of nitrogens with zero attached hydrogens (tertiary/aromatic N) is 3. The van der Waals surface area contributed by atoms with Crippen LogP contribution in [0.2, 0.25) is 0 Å². The molecule has 1 aromatic heterocycles. The van der Waals surface area contributed by atoms with Crippen molar-refractivity contribution in [1.29, 1.82) is 0 Å². The van der Waals surface area contributed by atoms with E-state index in [9.17, 15) is 8.42 Å². The molecule has 1 atom stereocenters. The summed E-state index contributed by atoms with van der Waals surface area (Å²) in [4.78, 5) is 10.8. The minimum Gasteiger partial charge on any atom is -0.355 e. The van der Waals surface area contributed by atoms with Crippen LogP contribution in [0.1, 0.15) is 31.8 Å². The fourth-order valence-electron chi connectivity index (χ4n) is 2.46. The average molecular weight is 298 g/mol. The number of nitrogens with one attached hydrogen (secondary N) is 1. The maximum absolute atomic E-state index is 12.0. The molecule has 1 unspecified atom stereocenters. The number of aromatic nitrogens is 2. The molecule has 20 heavy (non-hydrogen) atoms. The van der Waals surface area contributed by atoms with Gasteiger partial charge in [-0.1, -0.05) is 13.8 Å². The van der Waals surface area contributed by atoms with E-state index < -0.39 is 10.0 Å². The molecule has 0 bridgehead atoms. The maximum atomic E-state index is 12.0. The van der Waals surface area contributed by atoms with Crippen LogP contribution in [0.25, 0.3) is 0 Å². The van der Waals surface area contributed by atoms with Crippen LogP contribution in [-0.2, 0) is 16.4 Å². The third-order valence-corrected chi connectivity index (χ3v) is 5.45. The van der Waals surface area contributed by atoms with E-state index in [0.29, 0.717) is 19.5 Å². The summed E-state index contributed by atoms with van der Waals surface area (Å²) in [5.41, 5.74) is 0.991. The van der Waals surface area contributed by atoms with Crippen molar-refractivity contribution in [1.82, 2.24) is 14.7 Å². The molecule has 0 aliphatic carbocycles. The summed E-state index contributed by atoms with van der Waals surface area (Å²) in [5.74, 6) is 1.57. The highest BCUT2D eigenvalue weighted by molar-refractivity contribution is 7.90. The van der Waals surface area contributed by atoms with Crippen molar-refractivity contribution in [2.24, 2.45) is 0 Å². The molecule has 0 aromatic carbocycles. The molecular weight excluding hydrogens is 276 g/mol. The van der Waals surface area contributed by atoms with Gasteiger partial charge in [0.2, 0.25) is 10.0 Å². The molecule has 0 saturated carbocycles. The highest BCUT2D eigenvalue weighted by atomic mass is 32.2. The Hall–Kier alpha value is -1.21. The van der Waals surface area contributed by atoms with E-state index in [0.717, 1.165) is 30.3 Å². The molecule has 1 saturated heterocycles. The standard InChI is InChI=1S/C13H22N4O2S/c1-4-11-8-13(16-10(3)15-11)17-7-6-12(9-17)20(18,19)14-5-2/h8,12,14H,4-7,9H2,1-3H3. The van der Waals surface area contributed by atoms with E-state index in [1.54, 1.807) is 6.92 Å². The first kappa shape index (κ1) is 15.2. The number of anilines is 1. The minimum absolute atomic E-state index is 0.359. The van der Waals surface area contributed by atoms with Gasteiger partial charge in [0.25, 0.3) is 0 Å². The topological polar surface area (TPSA) is 75.2 Å². The average Bonchev–Trinajstić information content (AvgIpc) is 2.88. The van der Waals surface area contributed by atoms with Gasteiger partial charge in [0.15, 0.2) is 0 Å².